The van der Waals surface area contributed by atoms with Crippen molar-refractivity contribution in [3.63, 3.8) is 0 Å². The van der Waals surface area contributed by atoms with E-state index in [1.165, 1.54) is 5.56 Å². The van der Waals surface area contributed by atoms with Gasteiger partial charge in [0.25, 0.3) is 0 Å². The molecule has 30 heavy (non-hydrogen) atoms. The minimum absolute atomic E-state index is 0.144. The second-order valence-electron chi connectivity index (χ2n) is 7.27. The van der Waals surface area contributed by atoms with E-state index in [0.717, 1.165) is 25.5 Å². The van der Waals surface area contributed by atoms with Gasteiger partial charge in [0, 0.05) is 43.1 Å². The van der Waals surface area contributed by atoms with Crippen LogP contribution in [-0.4, -0.2) is 35.4 Å². The number of hydrogen-bond donors (Lipinski definition) is 1. The highest BCUT2D eigenvalue weighted by atomic mass is 16.1. The van der Waals surface area contributed by atoms with Crippen molar-refractivity contribution in [2.75, 3.05) is 24.5 Å². The normalized spacial score (nSPS) is 15.9. The van der Waals surface area contributed by atoms with Crippen LogP contribution in [0.1, 0.15) is 45.8 Å². The highest BCUT2D eigenvalue weighted by molar-refractivity contribution is 6.10. The van der Waals surface area contributed by atoms with Gasteiger partial charge in [-0.05, 0) is 43.7 Å². The molecule has 3 aromatic rings. The molecule has 1 saturated heterocycles. The maximum atomic E-state index is 13.3. The Balaban J connectivity index is 1.68. The number of rotatable bonds is 4. The highest BCUT2D eigenvalue weighted by Gasteiger charge is 2.24. The molecular weight excluding hydrogens is 372 g/mol. The molecule has 0 radical (unpaired) electrons. The van der Waals surface area contributed by atoms with Gasteiger partial charge < -0.3 is 10.2 Å². The summed E-state index contributed by atoms with van der Waals surface area (Å²) in [4.78, 5) is 24.5. The summed E-state index contributed by atoms with van der Waals surface area (Å²) in [6.45, 7) is 6.06. The predicted octanol–water partition coefficient (Wildman–Crippen LogP) is 3.54. The van der Waals surface area contributed by atoms with Crippen molar-refractivity contribution in [2.24, 2.45) is 0 Å². The molecule has 5 heteroatoms. The van der Waals surface area contributed by atoms with Crippen molar-refractivity contribution in [2.45, 2.75) is 19.9 Å². The van der Waals surface area contributed by atoms with E-state index in [0.29, 0.717) is 22.5 Å². The summed E-state index contributed by atoms with van der Waals surface area (Å²) in [5.74, 6) is 6.57. The Labute approximate surface area is 177 Å². The van der Waals surface area contributed by atoms with Crippen LogP contribution in [0.2, 0.25) is 0 Å². The van der Waals surface area contributed by atoms with Crippen LogP contribution >= 0.6 is 0 Å². The Morgan fingerprint density at radius 3 is 2.73 bits per heavy atom. The molecular formula is C25H24N4O. The third-order valence-corrected chi connectivity index (χ3v) is 5.31. The van der Waals surface area contributed by atoms with Crippen LogP contribution in [0.5, 0.6) is 0 Å². The van der Waals surface area contributed by atoms with Crippen LogP contribution in [0.25, 0.3) is 0 Å². The lowest BCUT2D eigenvalue weighted by molar-refractivity contribution is 0.103. The molecule has 150 valence electrons. The number of benzene rings is 1. The Morgan fingerprint density at radius 2 is 1.97 bits per heavy atom. The summed E-state index contributed by atoms with van der Waals surface area (Å²) in [7, 11) is 0. The number of anilines is 1. The number of carbonyl (C=O) groups is 1. The molecule has 4 rings (SSSR count). The monoisotopic (exact) mass is 396 g/mol. The van der Waals surface area contributed by atoms with E-state index >= 15 is 0 Å². The molecule has 0 bridgehead atoms. The highest BCUT2D eigenvalue weighted by Crippen LogP contribution is 2.23. The van der Waals surface area contributed by atoms with Crippen LogP contribution in [0.3, 0.4) is 0 Å². The maximum Gasteiger partial charge on any atom is 0.214 e. The van der Waals surface area contributed by atoms with Crippen LogP contribution in [-0.2, 0) is 0 Å². The molecule has 1 atom stereocenters. The quantitative estimate of drug-likeness (QED) is 0.540. The lowest BCUT2D eigenvalue weighted by Gasteiger charge is -2.35. The summed E-state index contributed by atoms with van der Waals surface area (Å²) < 4.78 is 0. The first-order chi connectivity index (χ1) is 14.7. The Kier molecular flexibility index (Phi) is 5.87. The smallest absolute Gasteiger partial charge is 0.214 e. The molecule has 0 amide bonds. The maximum absolute atomic E-state index is 13.3. The van der Waals surface area contributed by atoms with Crippen molar-refractivity contribution in [3.05, 3.63) is 88.9 Å². The molecule has 1 N–H and O–H groups in total. The van der Waals surface area contributed by atoms with Crippen LogP contribution in [0.4, 0.5) is 5.82 Å². The summed E-state index contributed by atoms with van der Waals surface area (Å²) in [5, 5.41) is 3.57. The second-order valence-corrected chi connectivity index (χ2v) is 7.27. The lowest BCUT2D eigenvalue weighted by atomic mass is 10.0. The third-order valence-electron chi connectivity index (χ3n) is 5.31. The molecule has 1 aliphatic heterocycles. The average Bonchev–Trinajstić information content (AvgIpc) is 2.80. The first-order valence-corrected chi connectivity index (χ1v) is 10.1. The zero-order chi connectivity index (χ0) is 20.9. The van der Waals surface area contributed by atoms with Gasteiger partial charge in [0.15, 0.2) is 0 Å². The molecule has 1 unspecified atom stereocenters. The van der Waals surface area contributed by atoms with Gasteiger partial charge in [0.2, 0.25) is 5.78 Å². The van der Waals surface area contributed by atoms with E-state index in [1.807, 2.05) is 25.1 Å². The van der Waals surface area contributed by atoms with E-state index < -0.39 is 0 Å². The molecule has 0 saturated carbocycles. The summed E-state index contributed by atoms with van der Waals surface area (Å²) >= 11 is 0. The number of nitrogens with zero attached hydrogens (tertiary/aromatic N) is 3. The summed E-state index contributed by atoms with van der Waals surface area (Å²) in [6, 6.07) is 18.0. The average molecular weight is 396 g/mol. The topological polar surface area (TPSA) is 58.1 Å². The van der Waals surface area contributed by atoms with Gasteiger partial charge in [0.05, 0.1) is 5.56 Å². The van der Waals surface area contributed by atoms with Crippen molar-refractivity contribution in [3.8, 4) is 11.8 Å². The lowest BCUT2D eigenvalue weighted by Crippen LogP contribution is -2.46. The van der Waals surface area contributed by atoms with E-state index in [9.17, 15) is 4.79 Å². The number of carbonyl (C=O) groups excluding carboxylic acids is 1. The molecule has 0 aliphatic carbocycles. The Hall–Kier alpha value is -3.49. The molecule has 0 spiro atoms. The van der Waals surface area contributed by atoms with E-state index in [1.54, 1.807) is 25.3 Å². The van der Waals surface area contributed by atoms with Gasteiger partial charge in [0.1, 0.15) is 11.5 Å². The van der Waals surface area contributed by atoms with Crippen LogP contribution in [0, 0.1) is 18.8 Å². The molecule has 2 aromatic heterocycles. The number of aryl methyl sites for hydroxylation is 1. The predicted molar refractivity (Wildman–Crippen MR) is 119 cm³/mol. The van der Waals surface area contributed by atoms with Crippen LogP contribution in [0.15, 0.2) is 60.8 Å². The number of piperazine rings is 1. The van der Waals surface area contributed by atoms with Gasteiger partial charge in [-0.3, -0.25) is 9.78 Å². The number of nitrogens with one attached hydrogen (secondary N) is 1. The first kappa shape index (κ1) is 19.8. The van der Waals surface area contributed by atoms with Crippen molar-refractivity contribution >= 4 is 11.6 Å². The first-order valence-electron chi connectivity index (χ1n) is 10.1. The fourth-order valence-electron chi connectivity index (χ4n) is 3.75. The molecule has 1 fully saturated rings. The fourth-order valence-corrected chi connectivity index (χ4v) is 3.75. The van der Waals surface area contributed by atoms with Crippen molar-refractivity contribution in [1.82, 2.24) is 15.3 Å². The van der Waals surface area contributed by atoms with E-state index in [-0.39, 0.29) is 11.8 Å². The number of pyridine rings is 2. The number of aromatic nitrogens is 2. The summed E-state index contributed by atoms with van der Waals surface area (Å²) in [6.07, 6.45) is 1.69. The zero-order valence-corrected chi connectivity index (χ0v) is 17.2. The van der Waals surface area contributed by atoms with Crippen molar-refractivity contribution in [1.29, 1.82) is 0 Å². The van der Waals surface area contributed by atoms with Gasteiger partial charge in [-0.25, -0.2) is 4.98 Å². The minimum atomic E-state index is -0.144. The van der Waals surface area contributed by atoms with Gasteiger partial charge in [-0.2, -0.15) is 0 Å². The minimum Gasteiger partial charge on any atom is -0.353 e. The third kappa shape index (κ3) is 4.10. The van der Waals surface area contributed by atoms with Gasteiger partial charge >= 0.3 is 0 Å². The largest absolute Gasteiger partial charge is 0.353 e. The Bertz CT molecular complexity index is 1110. The van der Waals surface area contributed by atoms with Gasteiger partial charge in [-0.15, -0.1) is 5.92 Å². The van der Waals surface area contributed by atoms with E-state index in [4.69, 9.17) is 4.98 Å². The van der Waals surface area contributed by atoms with E-state index in [2.05, 4.69) is 51.3 Å². The summed E-state index contributed by atoms with van der Waals surface area (Å²) in [5.41, 5.74) is 3.52. The molecule has 5 nitrogen and oxygen atoms in total. The van der Waals surface area contributed by atoms with Crippen molar-refractivity contribution < 1.29 is 4.79 Å². The number of hydrogen-bond acceptors (Lipinski definition) is 5. The van der Waals surface area contributed by atoms with Crippen LogP contribution < -0.4 is 10.2 Å². The zero-order valence-electron chi connectivity index (χ0n) is 17.2. The standard InChI is InChI=1S/C25H24N4O/c1-3-8-20-12-13-23(28-24(20)25(30)21-11-7-14-26-18(21)2)29-16-15-27-22(17-29)19-9-5-4-6-10-19/h4-7,9-14,22,27H,15-17H2,1-2H3. The second kappa shape index (κ2) is 8.89. The SMILES string of the molecule is CC#Cc1ccc(N2CCNC(c3ccccc3)C2)nc1C(=O)c1cccnc1C. The Morgan fingerprint density at radius 1 is 1.13 bits per heavy atom. The fraction of sp³-hybridized carbons (Fsp3) is 0.240. The number of ketones is 1. The molecule has 3 heterocycles. The molecule has 1 aliphatic rings. The van der Waals surface area contributed by atoms with Gasteiger partial charge in [-0.1, -0.05) is 36.3 Å². The molecule has 1 aromatic carbocycles.